The van der Waals surface area contributed by atoms with Gasteiger partial charge in [0.15, 0.2) is 0 Å². The summed E-state index contributed by atoms with van der Waals surface area (Å²) in [6, 6.07) is 4.55. The first-order valence-electron chi connectivity index (χ1n) is 6.32. The zero-order chi connectivity index (χ0) is 15.3. The normalized spacial score (nSPS) is 12.2. The molecule has 6 heteroatoms. The molecule has 0 saturated carbocycles. The largest absolute Gasteiger partial charge is 0.368 e. The summed E-state index contributed by atoms with van der Waals surface area (Å²) in [5, 5.41) is 3.23. The molecule has 3 N–H and O–H groups in total. The number of halogens is 2. The zero-order valence-corrected chi connectivity index (χ0v) is 13.8. The Morgan fingerprint density at radius 2 is 2.05 bits per heavy atom. The van der Waals surface area contributed by atoms with Crippen molar-refractivity contribution >= 4 is 39.3 Å². The Hall–Kier alpha value is -1.07. The predicted octanol–water partition coefficient (Wildman–Crippen LogP) is 2.66. The fourth-order valence-electron chi connectivity index (χ4n) is 1.77. The highest BCUT2D eigenvalue weighted by molar-refractivity contribution is 9.10. The van der Waals surface area contributed by atoms with Gasteiger partial charge >= 0.3 is 0 Å². The lowest BCUT2D eigenvalue weighted by atomic mass is 10.0. The lowest BCUT2D eigenvalue weighted by Crippen LogP contribution is -2.46. The van der Waals surface area contributed by atoms with E-state index in [1.54, 1.807) is 18.2 Å². The molecule has 0 saturated heterocycles. The Morgan fingerprint density at radius 1 is 1.40 bits per heavy atom. The summed E-state index contributed by atoms with van der Waals surface area (Å²) in [6.45, 7) is 3.87. The lowest BCUT2D eigenvalue weighted by Gasteiger charge is -2.17. The number of hydrogen-bond donors (Lipinski definition) is 2. The summed E-state index contributed by atoms with van der Waals surface area (Å²) in [5.74, 6) is -0.516. The van der Waals surface area contributed by atoms with Crippen LogP contribution < -0.4 is 11.1 Å². The maximum Gasteiger partial charge on any atom is 0.240 e. The third-order valence-corrected chi connectivity index (χ3v) is 3.71. The van der Waals surface area contributed by atoms with E-state index < -0.39 is 11.9 Å². The molecular formula is C14H18BrClN2O2. The summed E-state index contributed by atoms with van der Waals surface area (Å²) >= 11 is 9.32. The third kappa shape index (κ3) is 5.51. The first kappa shape index (κ1) is 17.0. The van der Waals surface area contributed by atoms with Crippen molar-refractivity contribution in [1.29, 1.82) is 0 Å². The molecule has 0 aromatic heterocycles. The third-order valence-electron chi connectivity index (χ3n) is 2.70. The van der Waals surface area contributed by atoms with Crippen molar-refractivity contribution in [2.24, 2.45) is 11.7 Å². The van der Waals surface area contributed by atoms with Crippen LogP contribution in [0.1, 0.15) is 25.8 Å². The van der Waals surface area contributed by atoms with E-state index in [4.69, 9.17) is 17.3 Å². The second kappa shape index (κ2) is 7.64. The minimum atomic E-state index is -0.740. The van der Waals surface area contributed by atoms with E-state index in [-0.39, 0.29) is 11.8 Å². The van der Waals surface area contributed by atoms with E-state index in [9.17, 15) is 9.59 Å². The molecule has 1 atom stereocenters. The molecule has 0 radical (unpaired) electrons. The van der Waals surface area contributed by atoms with Crippen molar-refractivity contribution in [2.75, 3.05) is 0 Å². The number of nitrogens with one attached hydrogen (secondary N) is 1. The fourth-order valence-corrected chi connectivity index (χ4v) is 2.37. The van der Waals surface area contributed by atoms with Gasteiger partial charge in [0.25, 0.3) is 0 Å². The molecule has 0 heterocycles. The summed E-state index contributed by atoms with van der Waals surface area (Å²) < 4.78 is 0.825. The molecule has 0 aliphatic heterocycles. The van der Waals surface area contributed by atoms with Crippen molar-refractivity contribution in [3.8, 4) is 0 Å². The standard InChI is InChI=1S/C14H18BrClN2O2/c1-8(2)5-13(19)18-12(14(17)20)7-9-6-10(16)3-4-11(9)15/h3-4,6,8,12H,5,7H2,1-2H3,(H2,17,20)(H,18,19)/t12-/m1/s1. The summed E-state index contributed by atoms with van der Waals surface area (Å²) in [5.41, 5.74) is 6.17. The van der Waals surface area contributed by atoms with E-state index in [0.717, 1.165) is 10.0 Å². The van der Waals surface area contributed by atoms with Gasteiger partial charge in [-0.25, -0.2) is 0 Å². The van der Waals surface area contributed by atoms with E-state index in [1.165, 1.54) is 0 Å². The first-order valence-corrected chi connectivity index (χ1v) is 7.49. The van der Waals surface area contributed by atoms with Crippen molar-refractivity contribution < 1.29 is 9.59 Å². The minimum Gasteiger partial charge on any atom is -0.368 e. The molecule has 0 unspecified atom stereocenters. The summed E-state index contributed by atoms with van der Waals surface area (Å²) in [6.07, 6.45) is 0.667. The Morgan fingerprint density at radius 3 is 2.60 bits per heavy atom. The number of rotatable bonds is 6. The van der Waals surface area contributed by atoms with Gasteiger partial charge in [0, 0.05) is 22.3 Å². The number of carbonyl (C=O) groups excluding carboxylic acids is 2. The molecule has 1 aromatic rings. The van der Waals surface area contributed by atoms with E-state index >= 15 is 0 Å². The van der Waals surface area contributed by atoms with Crippen molar-refractivity contribution in [2.45, 2.75) is 32.7 Å². The zero-order valence-electron chi connectivity index (χ0n) is 11.5. The van der Waals surface area contributed by atoms with Crippen molar-refractivity contribution in [3.63, 3.8) is 0 Å². The second-order valence-corrected chi connectivity index (χ2v) is 6.35. The Balaban J connectivity index is 2.80. The van der Waals surface area contributed by atoms with E-state index in [0.29, 0.717) is 17.9 Å². The van der Waals surface area contributed by atoms with E-state index in [2.05, 4.69) is 21.2 Å². The number of hydrogen-bond acceptors (Lipinski definition) is 2. The topological polar surface area (TPSA) is 72.2 Å². The van der Waals surface area contributed by atoms with Gasteiger partial charge < -0.3 is 11.1 Å². The summed E-state index contributed by atoms with van der Waals surface area (Å²) in [7, 11) is 0. The van der Waals surface area contributed by atoms with Gasteiger partial charge in [0.2, 0.25) is 11.8 Å². The van der Waals surface area contributed by atoms with Gasteiger partial charge in [-0.05, 0) is 29.7 Å². The minimum absolute atomic E-state index is 0.179. The highest BCUT2D eigenvalue weighted by Crippen LogP contribution is 2.22. The Bertz CT molecular complexity index is 506. The molecule has 1 aromatic carbocycles. The molecule has 0 spiro atoms. The lowest BCUT2D eigenvalue weighted by molar-refractivity contribution is -0.127. The first-order chi connectivity index (χ1) is 9.29. The molecule has 1 rings (SSSR count). The van der Waals surface area contributed by atoms with Gasteiger partial charge in [0.05, 0.1) is 0 Å². The summed E-state index contributed by atoms with van der Waals surface area (Å²) in [4.78, 5) is 23.2. The van der Waals surface area contributed by atoms with E-state index in [1.807, 2.05) is 13.8 Å². The van der Waals surface area contributed by atoms with Crippen LogP contribution in [0.2, 0.25) is 5.02 Å². The van der Waals surface area contributed by atoms with Crippen LogP contribution in [0, 0.1) is 5.92 Å². The molecule has 0 aliphatic carbocycles. The van der Waals surface area contributed by atoms with Crippen molar-refractivity contribution in [1.82, 2.24) is 5.32 Å². The van der Waals surface area contributed by atoms with Crippen LogP contribution in [0.5, 0.6) is 0 Å². The number of carbonyl (C=O) groups is 2. The second-order valence-electron chi connectivity index (χ2n) is 5.06. The maximum atomic E-state index is 11.8. The Kier molecular flexibility index (Phi) is 6.49. The van der Waals surface area contributed by atoms with Gasteiger partial charge in [-0.2, -0.15) is 0 Å². The number of benzene rings is 1. The van der Waals surface area contributed by atoms with Crippen molar-refractivity contribution in [3.05, 3.63) is 33.3 Å². The maximum absolute atomic E-state index is 11.8. The molecule has 20 heavy (non-hydrogen) atoms. The predicted molar refractivity (Wildman–Crippen MR) is 83.4 cm³/mol. The number of nitrogens with two attached hydrogens (primary N) is 1. The average molecular weight is 362 g/mol. The highest BCUT2D eigenvalue weighted by atomic mass is 79.9. The van der Waals surface area contributed by atoms with Gasteiger partial charge in [-0.3, -0.25) is 9.59 Å². The molecule has 2 amide bonds. The monoisotopic (exact) mass is 360 g/mol. The highest BCUT2D eigenvalue weighted by Gasteiger charge is 2.20. The number of primary amides is 1. The van der Waals surface area contributed by atoms with Crippen LogP contribution in [-0.2, 0) is 16.0 Å². The Labute approximate surface area is 132 Å². The molecule has 110 valence electrons. The van der Waals surface area contributed by atoms with Crippen LogP contribution in [-0.4, -0.2) is 17.9 Å². The molecule has 0 fully saturated rings. The smallest absolute Gasteiger partial charge is 0.240 e. The fraction of sp³-hybridized carbons (Fsp3) is 0.429. The van der Waals surface area contributed by atoms with Crippen LogP contribution in [0.25, 0.3) is 0 Å². The van der Waals surface area contributed by atoms with Crippen LogP contribution in [0.4, 0.5) is 0 Å². The molecule has 4 nitrogen and oxygen atoms in total. The molecule has 0 aliphatic rings. The van der Waals surface area contributed by atoms with Gasteiger partial charge in [-0.1, -0.05) is 41.4 Å². The molecular weight excluding hydrogens is 344 g/mol. The van der Waals surface area contributed by atoms with Crippen LogP contribution >= 0.6 is 27.5 Å². The quantitative estimate of drug-likeness (QED) is 0.817. The number of amides is 2. The van der Waals surface area contributed by atoms with Crippen LogP contribution in [0.3, 0.4) is 0 Å². The molecule has 0 bridgehead atoms. The van der Waals surface area contributed by atoms with Crippen LogP contribution in [0.15, 0.2) is 22.7 Å². The average Bonchev–Trinajstić information content (AvgIpc) is 2.31. The SMILES string of the molecule is CC(C)CC(=O)N[C@H](Cc1cc(Cl)ccc1Br)C(N)=O. The van der Waals surface area contributed by atoms with Gasteiger partial charge in [-0.15, -0.1) is 0 Å². The van der Waals surface area contributed by atoms with Gasteiger partial charge in [0.1, 0.15) is 6.04 Å².